The lowest BCUT2D eigenvalue weighted by molar-refractivity contribution is -0.142. The van der Waals surface area contributed by atoms with E-state index in [9.17, 15) is 19.5 Å². The normalized spacial score (nSPS) is 13.2. The number of carbonyl (C=O) groups excluding carboxylic acids is 2. The second-order valence-corrected chi connectivity index (χ2v) is 7.18. The van der Waals surface area contributed by atoms with Gasteiger partial charge in [0.2, 0.25) is 5.91 Å². The molecule has 1 rings (SSSR count). The Morgan fingerprint density at radius 3 is 1.92 bits per heavy atom. The molecule has 0 saturated carbocycles. The third-order valence-electron chi connectivity index (χ3n) is 3.68. The monoisotopic (exact) mass is 363 g/mol. The van der Waals surface area contributed by atoms with Crippen molar-refractivity contribution >= 4 is 23.6 Å². The Balaban J connectivity index is 2.76. The van der Waals surface area contributed by atoms with Gasteiger partial charge in [-0.15, -0.1) is 0 Å². The number of nitrogens with one attached hydrogen (secondary N) is 3. The molecule has 2 atom stereocenters. The number of carboxylic acid groups (broad SMARTS) is 1. The fourth-order valence-electron chi connectivity index (χ4n) is 2.52. The van der Waals surface area contributed by atoms with E-state index >= 15 is 0 Å². The van der Waals surface area contributed by atoms with Crippen LogP contribution >= 0.6 is 0 Å². The minimum absolute atomic E-state index is 0.120. The summed E-state index contributed by atoms with van der Waals surface area (Å²) in [5, 5.41) is 17.1. The molecule has 7 heteroatoms. The van der Waals surface area contributed by atoms with E-state index < -0.39 is 30.0 Å². The predicted octanol–water partition coefficient (Wildman–Crippen LogP) is 2.84. The first-order valence-corrected chi connectivity index (χ1v) is 8.84. The average molecular weight is 363 g/mol. The minimum atomic E-state index is -1.08. The zero-order valence-corrected chi connectivity index (χ0v) is 15.8. The van der Waals surface area contributed by atoms with E-state index in [2.05, 4.69) is 16.0 Å². The lowest BCUT2D eigenvalue weighted by atomic mass is 10.0. The number of hydrogen-bond acceptors (Lipinski definition) is 3. The van der Waals surface area contributed by atoms with E-state index in [1.54, 1.807) is 24.3 Å². The summed E-state index contributed by atoms with van der Waals surface area (Å²) < 4.78 is 0. The van der Waals surface area contributed by atoms with Crippen molar-refractivity contribution < 1.29 is 19.5 Å². The standard InChI is InChI=1S/C19H29N3O4/c1-12(2)10-15(17(23)21-16(18(24)25)11-13(3)4)22-19(26)20-14-8-6-5-7-9-14/h5-9,12-13,15-16H,10-11H2,1-4H3,(H,21,23)(H,24,25)(H2,20,22,26)/t15-,16+/m1/s1. The van der Waals surface area contributed by atoms with Crippen molar-refractivity contribution in [3.8, 4) is 0 Å². The average Bonchev–Trinajstić information content (AvgIpc) is 2.53. The summed E-state index contributed by atoms with van der Waals surface area (Å²) in [6.07, 6.45) is 0.730. The predicted molar refractivity (Wildman–Crippen MR) is 101 cm³/mol. The smallest absolute Gasteiger partial charge is 0.326 e. The van der Waals surface area contributed by atoms with Crippen LogP contribution in [0.2, 0.25) is 0 Å². The van der Waals surface area contributed by atoms with E-state index in [4.69, 9.17) is 0 Å². The highest BCUT2D eigenvalue weighted by Crippen LogP contribution is 2.10. The van der Waals surface area contributed by atoms with Crippen molar-refractivity contribution in [1.29, 1.82) is 0 Å². The molecule has 144 valence electrons. The van der Waals surface area contributed by atoms with E-state index in [0.29, 0.717) is 18.5 Å². The van der Waals surface area contributed by atoms with Crippen molar-refractivity contribution in [2.45, 2.75) is 52.6 Å². The minimum Gasteiger partial charge on any atom is -0.480 e. The number of para-hydroxylation sites is 1. The molecule has 3 amide bonds. The van der Waals surface area contributed by atoms with Crippen LogP contribution in [0.5, 0.6) is 0 Å². The first-order chi connectivity index (χ1) is 12.2. The molecular formula is C19H29N3O4. The van der Waals surface area contributed by atoms with Gasteiger partial charge in [-0.25, -0.2) is 9.59 Å². The van der Waals surface area contributed by atoms with Crippen LogP contribution in [-0.2, 0) is 9.59 Å². The van der Waals surface area contributed by atoms with Crippen LogP contribution in [0.3, 0.4) is 0 Å². The van der Waals surface area contributed by atoms with Gasteiger partial charge < -0.3 is 21.1 Å². The largest absolute Gasteiger partial charge is 0.480 e. The van der Waals surface area contributed by atoms with Crippen LogP contribution in [0, 0.1) is 11.8 Å². The molecule has 0 unspecified atom stereocenters. The zero-order valence-electron chi connectivity index (χ0n) is 15.8. The maximum atomic E-state index is 12.5. The van der Waals surface area contributed by atoms with Gasteiger partial charge in [-0.2, -0.15) is 0 Å². The molecular weight excluding hydrogens is 334 g/mol. The summed E-state index contributed by atoms with van der Waals surface area (Å²) in [7, 11) is 0. The van der Waals surface area contributed by atoms with Crippen molar-refractivity contribution in [3.63, 3.8) is 0 Å². The molecule has 0 aliphatic carbocycles. The first kappa shape index (κ1) is 21.5. The molecule has 1 aromatic rings. The first-order valence-electron chi connectivity index (χ1n) is 8.84. The van der Waals surface area contributed by atoms with Crippen molar-refractivity contribution in [2.75, 3.05) is 5.32 Å². The van der Waals surface area contributed by atoms with Gasteiger partial charge >= 0.3 is 12.0 Å². The Morgan fingerprint density at radius 1 is 0.885 bits per heavy atom. The van der Waals surface area contributed by atoms with Crippen LogP contribution in [0.25, 0.3) is 0 Å². The fraction of sp³-hybridized carbons (Fsp3) is 0.526. The molecule has 26 heavy (non-hydrogen) atoms. The fourth-order valence-corrected chi connectivity index (χ4v) is 2.52. The van der Waals surface area contributed by atoms with E-state index in [0.717, 1.165) is 0 Å². The van der Waals surface area contributed by atoms with Gasteiger partial charge in [-0.05, 0) is 36.8 Å². The summed E-state index contributed by atoms with van der Waals surface area (Å²) in [6.45, 7) is 7.64. The van der Waals surface area contributed by atoms with E-state index in [-0.39, 0.29) is 11.8 Å². The quantitative estimate of drug-likeness (QED) is 0.541. The molecule has 0 aromatic heterocycles. The number of amides is 3. The summed E-state index contributed by atoms with van der Waals surface area (Å²) in [5.41, 5.74) is 0.608. The Labute approximate surface area is 154 Å². The summed E-state index contributed by atoms with van der Waals surface area (Å²) in [5.74, 6) is -1.30. The number of urea groups is 1. The molecule has 0 fully saturated rings. The molecule has 7 nitrogen and oxygen atoms in total. The third-order valence-corrected chi connectivity index (χ3v) is 3.68. The molecule has 0 bridgehead atoms. The van der Waals surface area contributed by atoms with Crippen LogP contribution in [0.15, 0.2) is 30.3 Å². The van der Waals surface area contributed by atoms with Crippen LogP contribution in [-0.4, -0.2) is 35.1 Å². The van der Waals surface area contributed by atoms with Gasteiger partial charge in [0.15, 0.2) is 0 Å². The number of carboxylic acids is 1. The van der Waals surface area contributed by atoms with E-state index in [1.165, 1.54) is 0 Å². The van der Waals surface area contributed by atoms with Crippen molar-refractivity contribution in [1.82, 2.24) is 10.6 Å². The van der Waals surface area contributed by atoms with Crippen molar-refractivity contribution in [3.05, 3.63) is 30.3 Å². The third kappa shape index (κ3) is 8.00. The molecule has 4 N–H and O–H groups in total. The van der Waals surface area contributed by atoms with Gasteiger partial charge in [0.1, 0.15) is 12.1 Å². The maximum absolute atomic E-state index is 12.5. The number of anilines is 1. The van der Waals surface area contributed by atoms with Gasteiger partial charge in [0.05, 0.1) is 0 Å². The molecule has 0 spiro atoms. The number of rotatable bonds is 9. The highest BCUT2D eigenvalue weighted by molar-refractivity contribution is 5.94. The number of hydrogen-bond donors (Lipinski definition) is 4. The topological polar surface area (TPSA) is 108 Å². The Kier molecular flexibility index (Phi) is 8.61. The van der Waals surface area contributed by atoms with E-state index in [1.807, 2.05) is 33.8 Å². The van der Waals surface area contributed by atoms with Crippen LogP contribution < -0.4 is 16.0 Å². The highest BCUT2D eigenvalue weighted by atomic mass is 16.4. The second-order valence-electron chi connectivity index (χ2n) is 7.18. The highest BCUT2D eigenvalue weighted by Gasteiger charge is 2.27. The molecule has 0 heterocycles. The van der Waals surface area contributed by atoms with Crippen molar-refractivity contribution in [2.24, 2.45) is 11.8 Å². The summed E-state index contributed by atoms with van der Waals surface area (Å²) in [6, 6.07) is 6.59. The second kappa shape index (κ2) is 10.4. The number of aliphatic carboxylic acids is 1. The summed E-state index contributed by atoms with van der Waals surface area (Å²) in [4.78, 5) is 36.1. The SMILES string of the molecule is CC(C)C[C@H](NC(=O)[C@@H](CC(C)C)NC(=O)Nc1ccccc1)C(=O)O. The molecule has 0 aliphatic rings. The van der Waals surface area contributed by atoms with Gasteiger partial charge in [0, 0.05) is 5.69 Å². The lowest BCUT2D eigenvalue weighted by Gasteiger charge is -2.23. The molecule has 0 aliphatic heterocycles. The molecule has 0 saturated heterocycles. The summed E-state index contributed by atoms with van der Waals surface area (Å²) >= 11 is 0. The number of benzene rings is 1. The van der Waals surface area contributed by atoms with Gasteiger partial charge in [-0.3, -0.25) is 4.79 Å². The van der Waals surface area contributed by atoms with Crippen LogP contribution in [0.1, 0.15) is 40.5 Å². The molecule has 1 aromatic carbocycles. The zero-order chi connectivity index (χ0) is 19.7. The lowest BCUT2D eigenvalue weighted by Crippen LogP contribution is -2.53. The Hall–Kier alpha value is -2.57. The molecule has 0 radical (unpaired) electrons. The maximum Gasteiger partial charge on any atom is 0.326 e. The number of carbonyl (C=O) groups is 3. The Bertz CT molecular complexity index is 602. The van der Waals surface area contributed by atoms with Gasteiger partial charge in [0.25, 0.3) is 0 Å². The Morgan fingerprint density at radius 2 is 1.42 bits per heavy atom. The van der Waals surface area contributed by atoms with Gasteiger partial charge in [-0.1, -0.05) is 45.9 Å². The van der Waals surface area contributed by atoms with Crippen LogP contribution in [0.4, 0.5) is 10.5 Å².